The monoisotopic (exact) mass is 491 g/mol. The lowest BCUT2D eigenvalue weighted by Gasteiger charge is -2.05. The van der Waals surface area contributed by atoms with Crippen LogP contribution in [0, 0.1) is 13.8 Å². The molecule has 1 amide bonds. The van der Waals surface area contributed by atoms with Gasteiger partial charge in [-0.15, -0.1) is 11.3 Å². The predicted octanol–water partition coefficient (Wildman–Crippen LogP) is 6.27. The van der Waals surface area contributed by atoms with Gasteiger partial charge in [-0.05, 0) is 55.8 Å². The van der Waals surface area contributed by atoms with Gasteiger partial charge in [0.05, 0.1) is 26.8 Å². The van der Waals surface area contributed by atoms with E-state index in [1.54, 1.807) is 23.7 Å². The number of ketones is 1. The number of carbonyl (C=O) groups is 2. The number of nitrogens with zero attached hydrogens (tertiary/aromatic N) is 2. The molecular formula is C28H21N5O2S. The zero-order valence-electron chi connectivity index (χ0n) is 19.5. The Labute approximate surface area is 210 Å². The second kappa shape index (κ2) is 8.58. The third kappa shape index (κ3) is 3.77. The van der Waals surface area contributed by atoms with Gasteiger partial charge in [-0.25, -0.2) is 9.97 Å². The van der Waals surface area contributed by atoms with Crippen molar-refractivity contribution in [1.29, 1.82) is 0 Å². The molecule has 0 unspecified atom stereocenters. The van der Waals surface area contributed by atoms with Crippen molar-refractivity contribution in [3.63, 3.8) is 0 Å². The molecule has 0 saturated heterocycles. The van der Waals surface area contributed by atoms with Crippen LogP contribution < -0.4 is 5.32 Å². The summed E-state index contributed by atoms with van der Waals surface area (Å²) in [6, 6.07) is 20.3. The SMILES string of the molecule is Cc1[nH]c(C(=O)Nc2ccc3ncsc3c2)c(C)c1-c1nc2ccc(C(=O)c3ccccc3)cc2[nH]1. The van der Waals surface area contributed by atoms with Crippen LogP contribution in [0.25, 0.3) is 32.6 Å². The molecular weight excluding hydrogens is 470 g/mol. The number of benzene rings is 3. The Hall–Kier alpha value is -4.56. The minimum Gasteiger partial charge on any atom is -0.354 e. The van der Waals surface area contributed by atoms with E-state index in [2.05, 4.69) is 20.3 Å². The Morgan fingerprint density at radius 1 is 0.889 bits per heavy atom. The highest BCUT2D eigenvalue weighted by Gasteiger charge is 2.21. The summed E-state index contributed by atoms with van der Waals surface area (Å²) in [7, 11) is 0. The van der Waals surface area contributed by atoms with E-state index in [9.17, 15) is 9.59 Å². The number of fused-ring (bicyclic) bond motifs is 2. The number of imidazole rings is 1. The molecule has 0 radical (unpaired) electrons. The molecule has 0 spiro atoms. The summed E-state index contributed by atoms with van der Waals surface area (Å²) in [5.74, 6) is 0.376. The van der Waals surface area contributed by atoms with Gasteiger partial charge in [-0.2, -0.15) is 0 Å². The minimum atomic E-state index is -0.224. The number of hydrogen-bond donors (Lipinski definition) is 3. The summed E-state index contributed by atoms with van der Waals surface area (Å²) < 4.78 is 1.01. The van der Waals surface area contributed by atoms with Crippen molar-refractivity contribution < 1.29 is 9.59 Å². The normalized spacial score (nSPS) is 11.3. The molecule has 0 aliphatic rings. The number of amides is 1. The predicted molar refractivity (Wildman–Crippen MR) is 143 cm³/mol. The molecule has 0 bridgehead atoms. The van der Waals surface area contributed by atoms with E-state index in [1.165, 1.54) is 11.3 Å². The van der Waals surface area contributed by atoms with Gasteiger partial charge in [0.15, 0.2) is 5.78 Å². The van der Waals surface area contributed by atoms with E-state index in [0.29, 0.717) is 28.3 Å². The third-order valence-electron chi connectivity index (χ3n) is 6.27. The number of rotatable bonds is 5. The van der Waals surface area contributed by atoms with Crippen LogP contribution in [0.2, 0.25) is 0 Å². The molecule has 7 nitrogen and oxygen atoms in total. The number of aryl methyl sites for hydroxylation is 1. The number of thiazole rings is 1. The smallest absolute Gasteiger partial charge is 0.272 e. The van der Waals surface area contributed by atoms with Crippen molar-refractivity contribution in [2.45, 2.75) is 13.8 Å². The van der Waals surface area contributed by atoms with Gasteiger partial charge in [0.25, 0.3) is 5.91 Å². The Balaban J connectivity index is 1.31. The zero-order valence-corrected chi connectivity index (χ0v) is 20.4. The van der Waals surface area contributed by atoms with Crippen LogP contribution in [-0.2, 0) is 0 Å². The molecule has 3 aromatic carbocycles. The van der Waals surface area contributed by atoms with Crippen molar-refractivity contribution in [3.05, 3.63) is 100 Å². The Morgan fingerprint density at radius 2 is 1.69 bits per heavy atom. The van der Waals surface area contributed by atoms with E-state index in [4.69, 9.17) is 4.98 Å². The molecule has 6 aromatic rings. The lowest BCUT2D eigenvalue weighted by atomic mass is 10.0. The number of H-pyrrole nitrogens is 2. The van der Waals surface area contributed by atoms with E-state index in [0.717, 1.165) is 38.1 Å². The van der Waals surface area contributed by atoms with Crippen LogP contribution in [0.3, 0.4) is 0 Å². The average Bonchev–Trinajstić information content (AvgIpc) is 3.60. The van der Waals surface area contributed by atoms with Crippen molar-refractivity contribution in [2.75, 3.05) is 5.32 Å². The molecule has 176 valence electrons. The van der Waals surface area contributed by atoms with Crippen LogP contribution in [0.1, 0.15) is 37.7 Å². The largest absolute Gasteiger partial charge is 0.354 e. The second-order valence-corrected chi connectivity index (χ2v) is 9.51. The van der Waals surface area contributed by atoms with Crippen LogP contribution in [0.5, 0.6) is 0 Å². The van der Waals surface area contributed by atoms with Crippen molar-refractivity contribution in [1.82, 2.24) is 19.9 Å². The quantitative estimate of drug-likeness (QED) is 0.247. The van der Waals surface area contributed by atoms with E-state index < -0.39 is 0 Å². The van der Waals surface area contributed by atoms with Gasteiger partial charge in [0, 0.05) is 28.1 Å². The first-order valence-electron chi connectivity index (χ1n) is 11.4. The lowest BCUT2D eigenvalue weighted by Crippen LogP contribution is -2.13. The molecule has 0 atom stereocenters. The Kier molecular flexibility index (Phi) is 5.23. The maximum absolute atomic E-state index is 13.1. The zero-order chi connectivity index (χ0) is 24.8. The minimum absolute atomic E-state index is 0.0434. The first kappa shape index (κ1) is 21.9. The molecule has 36 heavy (non-hydrogen) atoms. The van der Waals surface area contributed by atoms with E-state index in [-0.39, 0.29) is 11.7 Å². The first-order chi connectivity index (χ1) is 17.5. The molecule has 6 rings (SSSR count). The van der Waals surface area contributed by atoms with Crippen LogP contribution in [0.4, 0.5) is 5.69 Å². The standard InChI is InChI=1S/C28H21N5O2S/c1-15-24(16(2)30-25(15)28(35)31-19-9-11-21-23(13-19)36-14-29-21)27-32-20-10-8-18(12-22(20)33-27)26(34)17-6-4-3-5-7-17/h3-14,30H,1-2H3,(H,31,35)(H,32,33). The molecule has 3 heterocycles. The summed E-state index contributed by atoms with van der Waals surface area (Å²) >= 11 is 1.53. The third-order valence-corrected chi connectivity index (χ3v) is 7.06. The Morgan fingerprint density at radius 3 is 2.53 bits per heavy atom. The van der Waals surface area contributed by atoms with Crippen LogP contribution in [0.15, 0.2) is 72.2 Å². The topological polar surface area (TPSA) is 104 Å². The molecule has 0 saturated carbocycles. The van der Waals surface area contributed by atoms with Crippen molar-refractivity contribution in [3.8, 4) is 11.4 Å². The number of nitrogens with one attached hydrogen (secondary N) is 3. The molecule has 0 fully saturated rings. The highest BCUT2D eigenvalue weighted by Crippen LogP contribution is 2.30. The van der Waals surface area contributed by atoms with Gasteiger partial charge in [-0.3, -0.25) is 9.59 Å². The molecule has 0 aliphatic heterocycles. The fourth-order valence-corrected chi connectivity index (χ4v) is 5.20. The van der Waals surface area contributed by atoms with Crippen molar-refractivity contribution in [2.24, 2.45) is 0 Å². The van der Waals surface area contributed by atoms with Gasteiger partial charge in [0.1, 0.15) is 11.5 Å². The maximum atomic E-state index is 13.1. The number of aromatic amines is 2. The van der Waals surface area contributed by atoms with E-state index in [1.807, 2.05) is 62.4 Å². The molecule has 3 aromatic heterocycles. The van der Waals surface area contributed by atoms with Gasteiger partial charge >= 0.3 is 0 Å². The number of hydrogen-bond acceptors (Lipinski definition) is 5. The summed E-state index contributed by atoms with van der Waals surface area (Å²) in [6.45, 7) is 3.82. The molecule has 8 heteroatoms. The summed E-state index contributed by atoms with van der Waals surface area (Å²) in [4.78, 5) is 41.6. The summed E-state index contributed by atoms with van der Waals surface area (Å²) in [5, 5.41) is 2.98. The van der Waals surface area contributed by atoms with Crippen LogP contribution in [-0.4, -0.2) is 31.6 Å². The molecule has 3 N–H and O–H groups in total. The second-order valence-electron chi connectivity index (χ2n) is 8.63. The number of anilines is 1. The fourth-order valence-electron chi connectivity index (χ4n) is 4.48. The van der Waals surface area contributed by atoms with Gasteiger partial charge in [-0.1, -0.05) is 30.3 Å². The number of carbonyl (C=O) groups excluding carboxylic acids is 2. The maximum Gasteiger partial charge on any atom is 0.272 e. The fraction of sp³-hybridized carbons (Fsp3) is 0.0714. The highest BCUT2D eigenvalue weighted by atomic mass is 32.1. The van der Waals surface area contributed by atoms with Gasteiger partial charge in [0.2, 0.25) is 0 Å². The first-order valence-corrected chi connectivity index (χ1v) is 12.3. The molecule has 0 aliphatic carbocycles. The van der Waals surface area contributed by atoms with E-state index >= 15 is 0 Å². The Bertz CT molecular complexity index is 1780. The highest BCUT2D eigenvalue weighted by molar-refractivity contribution is 7.16. The number of aromatic nitrogens is 4. The average molecular weight is 492 g/mol. The van der Waals surface area contributed by atoms with Crippen LogP contribution >= 0.6 is 11.3 Å². The lowest BCUT2D eigenvalue weighted by molar-refractivity contribution is 0.101. The summed E-state index contributed by atoms with van der Waals surface area (Å²) in [5.41, 5.74) is 9.08. The summed E-state index contributed by atoms with van der Waals surface area (Å²) in [6.07, 6.45) is 0. The van der Waals surface area contributed by atoms with Gasteiger partial charge < -0.3 is 15.3 Å². The van der Waals surface area contributed by atoms with Crippen molar-refractivity contribution >= 4 is 50.0 Å².